The van der Waals surface area contributed by atoms with Crippen LogP contribution in [0.5, 0.6) is 5.88 Å². The van der Waals surface area contributed by atoms with E-state index in [0.29, 0.717) is 35.9 Å². The maximum Gasteiger partial charge on any atom is 0.410 e. The van der Waals surface area contributed by atoms with Gasteiger partial charge in [-0.15, -0.1) is 0 Å². The van der Waals surface area contributed by atoms with E-state index >= 15 is 4.39 Å². The molecule has 5 rings (SSSR count). The summed E-state index contributed by atoms with van der Waals surface area (Å²) < 4.78 is 41.7. The second-order valence-electron chi connectivity index (χ2n) is 12.0. The summed E-state index contributed by atoms with van der Waals surface area (Å²) in [5.74, 6) is -1.87. The fourth-order valence-corrected chi connectivity index (χ4v) is 5.45. The van der Waals surface area contributed by atoms with Crippen molar-refractivity contribution >= 4 is 41.4 Å². The molecule has 250 valence electrons. The van der Waals surface area contributed by atoms with Gasteiger partial charge in [0.2, 0.25) is 11.8 Å². The fraction of sp³-hybridized carbons (Fsp3) is 0.294. The number of hydrogen-bond donors (Lipinski definition) is 2. The summed E-state index contributed by atoms with van der Waals surface area (Å²) in [6.45, 7) is 5.63. The van der Waals surface area contributed by atoms with Crippen LogP contribution in [0.4, 0.5) is 25.1 Å². The van der Waals surface area contributed by atoms with E-state index in [0.717, 1.165) is 0 Å². The Balaban J connectivity index is 1.44. The lowest BCUT2D eigenvalue weighted by Gasteiger charge is -2.29. The molecule has 11 nitrogen and oxygen atoms in total. The van der Waals surface area contributed by atoms with Crippen LogP contribution in [0.25, 0.3) is 22.5 Å². The molecule has 2 N–H and O–H groups in total. The Hall–Kier alpha value is -5.17. The van der Waals surface area contributed by atoms with Crippen molar-refractivity contribution in [1.29, 1.82) is 0 Å². The molecule has 48 heavy (non-hydrogen) atoms. The molecule has 0 saturated carbocycles. The van der Waals surface area contributed by atoms with E-state index in [9.17, 15) is 18.8 Å². The summed E-state index contributed by atoms with van der Waals surface area (Å²) in [7, 11) is 1.45. The molecule has 4 aromatic rings. The summed E-state index contributed by atoms with van der Waals surface area (Å²) in [6.07, 6.45) is 3.45. The average Bonchev–Trinajstić information content (AvgIpc) is 3.46. The molecular weight excluding hydrogens is 646 g/mol. The number of amides is 2. The van der Waals surface area contributed by atoms with Crippen molar-refractivity contribution in [2.75, 3.05) is 19.0 Å². The van der Waals surface area contributed by atoms with Gasteiger partial charge in [-0.25, -0.2) is 23.5 Å². The lowest BCUT2D eigenvalue weighted by Crippen LogP contribution is -2.43. The maximum absolute atomic E-state index is 15.8. The molecule has 1 saturated heterocycles. The molecule has 0 radical (unpaired) electrons. The quantitative estimate of drug-likeness (QED) is 0.175. The number of rotatable bonds is 10. The topological polar surface area (TPSA) is 136 Å². The monoisotopic (exact) mass is 678 g/mol. The molecule has 0 unspecified atom stereocenters. The van der Waals surface area contributed by atoms with Gasteiger partial charge in [-0.05, 0) is 63.6 Å². The van der Waals surface area contributed by atoms with Gasteiger partial charge in [0.1, 0.15) is 5.60 Å². The summed E-state index contributed by atoms with van der Waals surface area (Å²) in [5.41, 5.74) is 0.442. The van der Waals surface area contributed by atoms with E-state index < -0.39 is 23.3 Å². The van der Waals surface area contributed by atoms with Crippen molar-refractivity contribution in [1.82, 2.24) is 25.2 Å². The molecule has 3 aromatic heterocycles. The lowest BCUT2D eigenvalue weighted by molar-refractivity contribution is -0.119. The van der Waals surface area contributed by atoms with Crippen LogP contribution in [0, 0.1) is 11.6 Å². The second-order valence-corrected chi connectivity index (χ2v) is 12.4. The van der Waals surface area contributed by atoms with E-state index in [1.807, 2.05) is 0 Å². The van der Waals surface area contributed by atoms with Crippen molar-refractivity contribution in [3.05, 3.63) is 82.6 Å². The number of halogens is 3. The van der Waals surface area contributed by atoms with Crippen LogP contribution in [0.15, 0.2) is 54.9 Å². The Morgan fingerprint density at radius 2 is 1.88 bits per heavy atom. The minimum absolute atomic E-state index is 0.0226. The number of carbonyl (C=O) groups excluding carboxylic acids is 3. The number of hydrogen-bond acceptors (Lipinski definition) is 9. The third kappa shape index (κ3) is 7.68. The van der Waals surface area contributed by atoms with Gasteiger partial charge in [0.25, 0.3) is 0 Å². The van der Waals surface area contributed by atoms with Gasteiger partial charge in [-0.1, -0.05) is 17.7 Å². The van der Waals surface area contributed by atoms with Gasteiger partial charge in [-0.3, -0.25) is 14.6 Å². The SMILES string of the molecule is COc1nc(-c2ccnc(-c3cccc(Nc4nccc(C=O)c4F)c3F)c2Cl)ccc1CN(C[C@@H]1CCC(=O)N1)C(=O)OC(C)(C)C. The van der Waals surface area contributed by atoms with Crippen LogP contribution >= 0.6 is 11.6 Å². The van der Waals surface area contributed by atoms with Gasteiger partial charge in [0.05, 0.1) is 41.3 Å². The number of benzene rings is 1. The van der Waals surface area contributed by atoms with Crippen LogP contribution in [-0.4, -0.2) is 63.4 Å². The molecule has 2 amide bonds. The first-order valence-corrected chi connectivity index (χ1v) is 15.4. The van der Waals surface area contributed by atoms with Crippen LogP contribution in [0.3, 0.4) is 0 Å². The molecule has 0 aliphatic carbocycles. The zero-order chi connectivity index (χ0) is 34.6. The Kier molecular flexibility index (Phi) is 10.2. The predicted octanol–water partition coefficient (Wildman–Crippen LogP) is 6.72. The van der Waals surface area contributed by atoms with Crippen molar-refractivity contribution in [2.24, 2.45) is 0 Å². The first-order valence-electron chi connectivity index (χ1n) is 15.0. The summed E-state index contributed by atoms with van der Waals surface area (Å²) in [4.78, 5) is 50.4. The van der Waals surface area contributed by atoms with Gasteiger partial charge in [0.15, 0.2) is 23.7 Å². The number of ether oxygens (including phenoxy) is 2. The molecule has 0 spiro atoms. The largest absolute Gasteiger partial charge is 0.481 e. The van der Waals surface area contributed by atoms with Crippen LogP contribution in [-0.2, 0) is 16.1 Å². The molecule has 0 bridgehead atoms. The van der Waals surface area contributed by atoms with Gasteiger partial charge in [0, 0.05) is 48.1 Å². The highest BCUT2D eigenvalue weighted by atomic mass is 35.5. The number of aldehydes is 1. The Morgan fingerprint density at radius 3 is 2.56 bits per heavy atom. The number of aromatic nitrogens is 3. The van der Waals surface area contributed by atoms with Gasteiger partial charge < -0.3 is 25.0 Å². The maximum atomic E-state index is 15.8. The van der Waals surface area contributed by atoms with Crippen LogP contribution in [0.1, 0.15) is 49.5 Å². The smallest absolute Gasteiger partial charge is 0.410 e. The number of pyridine rings is 3. The minimum Gasteiger partial charge on any atom is -0.481 e. The van der Waals surface area contributed by atoms with Gasteiger partial charge in [-0.2, -0.15) is 0 Å². The van der Waals surface area contributed by atoms with E-state index in [1.165, 1.54) is 48.7 Å². The number of nitrogens with zero attached hydrogens (tertiary/aromatic N) is 4. The van der Waals surface area contributed by atoms with E-state index in [4.69, 9.17) is 21.1 Å². The molecule has 1 aliphatic rings. The highest BCUT2D eigenvalue weighted by Gasteiger charge is 2.29. The molecular formula is C34H33ClF2N6O5. The minimum atomic E-state index is -0.918. The third-order valence-electron chi connectivity index (χ3n) is 7.39. The number of anilines is 2. The van der Waals surface area contributed by atoms with Crippen molar-refractivity contribution in [3.63, 3.8) is 0 Å². The Labute approximate surface area is 280 Å². The summed E-state index contributed by atoms with van der Waals surface area (Å²) in [5, 5.41) is 5.57. The molecule has 1 fully saturated rings. The zero-order valence-electron chi connectivity index (χ0n) is 26.6. The van der Waals surface area contributed by atoms with Crippen LogP contribution < -0.4 is 15.4 Å². The van der Waals surface area contributed by atoms with Gasteiger partial charge >= 0.3 is 6.09 Å². The summed E-state index contributed by atoms with van der Waals surface area (Å²) >= 11 is 6.81. The molecule has 1 aliphatic heterocycles. The molecule has 1 atom stereocenters. The highest BCUT2D eigenvalue weighted by molar-refractivity contribution is 6.35. The van der Waals surface area contributed by atoms with Crippen molar-refractivity contribution in [2.45, 2.75) is 51.8 Å². The number of nitrogens with one attached hydrogen (secondary N) is 2. The zero-order valence-corrected chi connectivity index (χ0v) is 27.4. The van der Waals surface area contributed by atoms with E-state index in [-0.39, 0.29) is 64.3 Å². The van der Waals surface area contributed by atoms with E-state index in [2.05, 4.69) is 25.6 Å². The van der Waals surface area contributed by atoms with E-state index in [1.54, 1.807) is 39.0 Å². The second kappa shape index (κ2) is 14.3. The normalized spacial score (nSPS) is 14.3. The highest BCUT2D eigenvalue weighted by Crippen LogP contribution is 2.38. The Bertz CT molecular complexity index is 1870. The lowest BCUT2D eigenvalue weighted by atomic mass is 10.0. The predicted molar refractivity (Wildman–Crippen MR) is 175 cm³/mol. The van der Waals surface area contributed by atoms with Crippen molar-refractivity contribution in [3.8, 4) is 28.4 Å². The molecule has 1 aromatic carbocycles. The first-order chi connectivity index (χ1) is 22.9. The third-order valence-corrected chi connectivity index (χ3v) is 7.77. The Morgan fingerprint density at radius 1 is 1.10 bits per heavy atom. The number of carbonyl (C=O) groups is 3. The standard InChI is InChI=1S/C34H33ClF2N6O5/c1-34(2,3)48-33(46)43(17-21-9-11-26(45)40-21)16-19-8-10-24(42-32(19)47-4)22-13-15-38-30(27(22)35)23-6-5-7-25(29(23)37)41-31-28(36)20(18-44)12-14-39-31/h5-8,10,12-15,18,21H,9,11,16-17H2,1-4H3,(H,39,41)(H,40,45)/t21-/m0/s1. The van der Waals surface area contributed by atoms with Crippen LogP contribution in [0.2, 0.25) is 5.02 Å². The number of methoxy groups -OCH3 is 1. The summed E-state index contributed by atoms with van der Waals surface area (Å²) in [6, 6.07) is 10.4. The molecule has 14 heteroatoms. The first kappa shape index (κ1) is 34.2. The molecule has 4 heterocycles. The fourth-order valence-electron chi connectivity index (χ4n) is 5.14. The van der Waals surface area contributed by atoms with Crippen molar-refractivity contribution < 1.29 is 32.6 Å². The average molecular weight is 679 g/mol.